The summed E-state index contributed by atoms with van der Waals surface area (Å²) in [6.45, 7) is 5.50. The molecule has 2 bridgehead atoms. The van der Waals surface area contributed by atoms with E-state index in [2.05, 4.69) is 26.2 Å². The number of aromatic amines is 1. The summed E-state index contributed by atoms with van der Waals surface area (Å²) in [7, 11) is 8.07. The number of benzene rings is 3. The molecular weight excluding hydrogens is 666 g/mol. The van der Waals surface area contributed by atoms with Crippen LogP contribution in [0.15, 0.2) is 29.1 Å². The van der Waals surface area contributed by atoms with Crippen LogP contribution < -0.4 is 29.7 Å². The van der Waals surface area contributed by atoms with Gasteiger partial charge in [0.2, 0.25) is 0 Å². The molecule has 0 spiro atoms. The summed E-state index contributed by atoms with van der Waals surface area (Å²) in [4.78, 5) is 34.2. The molecule has 0 radical (unpaired) electrons. The van der Waals surface area contributed by atoms with Crippen LogP contribution in [-0.2, 0) is 12.8 Å². The van der Waals surface area contributed by atoms with Gasteiger partial charge >= 0.3 is 0 Å². The predicted octanol–water partition coefficient (Wildman–Crippen LogP) is 4.10. The van der Waals surface area contributed by atoms with Crippen molar-refractivity contribution in [1.29, 1.82) is 5.26 Å². The third-order valence-electron chi connectivity index (χ3n) is 11.3. The number of carbonyl (C=O) groups excluding carboxylic acids is 1. The van der Waals surface area contributed by atoms with Crippen LogP contribution in [0.4, 0.5) is 0 Å². The van der Waals surface area contributed by atoms with Gasteiger partial charge in [0.05, 0.1) is 52.1 Å². The van der Waals surface area contributed by atoms with E-state index in [1.165, 1.54) is 20.3 Å². The lowest BCUT2D eigenvalue weighted by molar-refractivity contribution is -0.0724. The Labute approximate surface area is 301 Å². The normalized spacial score (nSPS) is 22.1. The van der Waals surface area contributed by atoms with Gasteiger partial charge in [-0.25, -0.2) is 0 Å². The summed E-state index contributed by atoms with van der Waals surface area (Å²) in [6, 6.07) is 6.49. The van der Waals surface area contributed by atoms with Gasteiger partial charge in [0.15, 0.2) is 28.4 Å². The maximum atomic E-state index is 13.9. The Balaban J connectivity index is 1.41. The summed E-state index contributed by atoms with van der Waals surface area (Å²) in [5.41, 5.74) is 5.18. The average Bonchev–Trinajstić information content (AvgIpc) is 3.11. The van der Waals surface area contributed by atoms with Gasteiger partial charge in [-0.2, -0.15) is 5.26 Å². The first-order valence-corrected chi connectivity index (χ1v) is 17.2. The van der Waals surface area contributed by atoms with Crippen molar-refractivity contribution in [2.24, 2.45) is 0 Å². The molecule has 4 aromatic rings. The number of hydrogen-bond acceptors (Lipinski definition) is 11. The first kappa shape index (κ1) is 35.0. The first-order valence-electron chi connectivity index (χ1n) is 17.2. The molecular formula is C39H43N5O8. The maximum absolute atomic E-state index is 13.9. The van der Waals surface area contributed by atoms with Gasteiger partial charge in [-0.15, -0.1) is 0 Å². The van der Waals surface area contributed by atoms with Crippen LogP contribution in [0.5, 0.6) is 34.5 Å². The monoisotopic (exact) mass is 709 g/mol. The number of aromatic hydroxyl groups is 2. The van der Waals surface area contributed by atoms with Crippen molar-refractivity contribution in [3.63, 3.8) is 0 Å². The zero-order chi connectivity index (χ0) is 37.3. The molecule has 5 atom stereocenters. The fourth-order valence-electron chi connectivity index (χ4n) is 9.19. The van der Waals surface area contributed by atoms with E-state index in [-0.39, 0.29) is 41.0 Å². The lowest BCUT2D eigenvalue weighted by atomic mass is 9.71. The van der Waals surface area contributed by atoms with E-state index in [0.29, 0.717) is 68.8 Å². The summed E-state index contributed by atoms with van der Waals surface area (Å²) < 4.78 is 23.3. The highest BCUT2D eigenvalue weighted by atomic mass is 16.5. The number of carbonyl (C=O) groups is 1. The molecule has 3 aliphatic rings. The molecule has 1 amide bonds. The molecule has 4 N–H and O–H groups in total. The number of rotatable bonds is 7. The Hall–Kier alpha value is -5.45. The van der Waals surface area contributed by atoms with E-state index < -0.39 is 30.1 Å². The molecule has 1 fully saturated rings. The molecule has 13 nitrogen and oxygen atoms in total. The Bertz CT molecular complexity index is 2240. The van der Waals surface area contributed by atoms with Gasteiger partial charge in [-0.3, -0.25) is 19.4 Å². The number of aromatic nitrogens is 1. The number of piperazine rings is 1. The Morgan fingerprint density at radius 2 is 1.48 bits per heavy atom. The van der Waals surface area contributed by atoms with Crippen molar-refractivity contribution in [3.8, 4) is 40.6 Å². The predicted molar refractivity (Wildman–Crippen MR) is 193 cm³/mol. The van der Waals surface area contributed by atoms with Gasteiger partial charge < -0.3 is 39.5 Å². The molecule has 3 aromatic carbocycles. The van der Waals surface area contributed by atoms with Gasteiger partial charge in [0, 0.05) is 63.5 Å². The molecule has 4 heterocycles. The van der Waals surface area contributed by atoms with Crippen molar-refractivity contribution in [1.82, 2.24) is 20.1 Å². The SMILES string of the molecule is COc1c(C)c(OC)c2c(c1O)[C@@H]1[C@@H]3Cc4c(OC)c(C)c(OC)c(O)c4[C@H](CNC(=O)c4cc(=O)c5ccc(C)cc5[nH]4)N3[C@@H](C#N)[C@H](C2)N1C. The van der Waals surface area contributed by atoms with E-state index in [4.69, 9.17) is 18.9 Å². The lowest BCUT2D eigenvalue weighted by Crippen LogP contribution is -2.68. The van der Waals surface area contributed by atoms with Crippen molar-refractivity contribution in [2.45, 2.75) is 63.8 Å². The number of fused-ring (bicyclic) bond motifs is 8. The van der Waals surface area contributed by atoms with Crippen LogP contribution in [-0.4, -0.2) is 91.1 Å². The number of methoxy groups -OCH3 is 4. The zero-order valence-electron chi connectivity index (χ0n) is 30.5. The molecule has 272 valence electrons. The number of likely N-dealkylation sites (N-methyl/N-ethyl adjacent to an activating group) is 1. The number of nitrogens with one attached hydrogen (secondary N) is 2. The fourth-order valence-corrected chi connectivity index (χ4v) is 9.19. The second-order valence-electron chi connectivity index (χ2n) is 13.9. The van der Waals surface area contributed by atoms with Crippen LogP contribution in [0.25, 0.3) is 10.9 Å². The van der Waals surface area contributed by atoms with Crippen molar-refractivity contribution in [2.75, 3.05) is 42.0 Å². The number of hydrogen-bond donors (Lipinski definition) is 4. The van der Waals surface area contributed by atoms with Gasteiger partial charge in [0.1, 0.15) is 23.2 Å². The van der Waals surface area contributed by atoms with E-state index in [9.17, 15) is 25.1 Å². The van der Waals surface area contributed by atoms with Crippen LogP contribution in [0.1, 0.15) is 61.5 Å². The smallest absolute Gasteiger partial charge is 0.267 e. The Morgan fingerprint density at radius 3 is 2.08 bits per heavy atom. The molecule has 7 rings (SSSR count). The molecule has 1 aromatic heterocycles. The number of pyridine rings is 1. The van der Waals surface area contributed by atoms with E-state index in [1.54, 1.807) is 27.2 Å². The topological polar surface area (TPSA) is 170 Å². The Morgan fingerprint density at radius 1 is 0.904 bits per heavy atom. The second kappa shape index (κ2) is 13.0. The van der Waals surface area contributed by atoms with Gasteiger partial charge in [0.25, 0.3) is 5.91 Å². The highest BCUT2D eigenvalue weighted by molar-refractivity contribution is 5.95. The largest absolute Gasteiger partial charge is 0.504 e. The van der Waals surface area contributed by atoms with Crippen molar-refractivity contribution < 1.29 is 34.0 Å². The minimum Gasteiger partial charge on any atom is -0.504 e. The second-order valence-corrected chi connectivity index (χ2v) is 13.9. The van der Waals surface area contributed by atoms with E-state index >= 15 is 0 Å². The highest BCUT2D eigenvalue weighted by Gasteiger charge is 2.57. The number of ether oxygens (including phenoxy) is 4. The quantitative estimate of drug-likeness (QED) is 0.218. The van der Waals surface area contributed by atoms with E-state index in [0.717, 1.165) is 11.1 Å². The number of nitriles is 1. The molecule has 0 unspecified atom stereocenters. The Kier molecular flexibility index (Phi) is 8.71. The number of nitrogens with zero attached hydrogens (tertiary/aromatic N) is 3. The summed E-state index contributed by atoms with van der Waals surface area (Å²) in [5, 5.41) is 38.2. The minimum atomic E-state index is -0.753. The van der Waals surface area contributed by atoms with Gasteiger partial charge in [-0.05, 0) is 58.4 Å². The first-order chi connectivity index (χ1) is 24.9. The van der Waals surface area contributed by atoms with Crippen molar-refractivity contribution in [3.05, 3.63) is 79.1 Å². The number of phenols is 2. The molecule has 13 heteroatoms. The third kappa shape index (κ3) is 4.96. The minimum absolute atomic E-state index is 0.00771. The maximum Gasteiger partial charge on any atom is 0.267 e. The van der Waals surface area contributed by atoms with Crippen LogP contribution in [0.2, 0.25) is 0 Å². The molecule has 0 saturated carbocycles. The molecule has 0 aliphatic carbocycles. The third-order valence-corrected chi connectivity index (χ3v) is 11.3. The van der Waals surface area contributed by atoms with E-state index in [1.807, 2.05) is 33.0 Å². The van der Waals surface area contributed by atoms with Gasteiger partial charge in [-0.1, -0.05) is 6.07 Å². The lowest BCUT2D eigenvalue weighted by Gasteiger charge is -2.60. The number of phenolic OH excluding ortho intramolecular Hbond substituents is 2. The summed E-state index contributed by atoms with van der Waals surface area (Å²) in [6.07, 6.45) is 0.720. The number of amides is 1. The summed E-state index contributed by atoms with van der Waals surface area (Å²) >= 11 is 0. The van der Waals surface area contributed by atoms with Crippen LogP contribution in [0.3, 0.4) is 0 Å². The molecule has 52 heavy (non-hydrogen) atoms. The summed E-state index contributed by atoms with van der Waals surface area (Å²) in [5.74, 6) is 1.05. The number of H-pyrrole nitrogens is 1. The highest BCUT2D eigenvalue weighted by Crippen LogP contribution is 2.58. The zero-order valence-corrected chi connectivity index (χ0v) is 30.5. The standard InChI is InChI=1S/C39H43N5O8/c1-17-9-10-20-23(11-17)42-24(14-29(20)45)39(48)41-16-28-30-21(35(49-5)18(2)37(51-7)33(30)46)13-26-32-31-22(12-25(43(32)4)27(15-40)44(26)28)36(50-6)19(3)38(52-8)34(31)47/h9-11,14,25-28,32,46-47H,12-13,16H2,1-8H3,(H,41,48)(H,42,45)/t25-,26-,27-,28-,32-/m0/s1. The van der Waals surface area contributed by atoms with Crippen molar-refractivity contribution >= 4 is 16.8 Å². The van der Waals surface area contributed by atoms with Crippen LogP contribution in [0, 0.1) is 32.1 Å². The number of aryl methyl sites for hydroxylation is 1. The average molecular weight is 710 g/mol. The van der Waals surface area contributed by atoms with Crippen LogP contribution >= 0.6 is 0 Å². The fraction of sp³-hybridized carbons (Fsp3) is 0.410. The molecule has 3 aliphatic heterocycles. The molecule has 1 saturated heterocycles.